The lowest BCUT2D eigenvalue weighted by Crippen LogP contribution is -2.37. The molecule has 1 fully saturated rings. The van der Waals surface area contributed by atoms with Crippen molar-refractivity contribution in [1.82, 2.24) is 10.2 Å². The standard InChI is InChI=1S/C16H26N2OS/c1-6-7-12-15(19)18(10-16(3,4)5)14(17-12)13-9-8-11(2)20-13/h8-9,12,14,17H,6-7,10H2,1-5H3. The van der Waals surface area contributed by atoms with Gasteiger partial charge < -0.3 is 4.90 Å². The summed E-state index contributed by atoms with van der Waals surface area (Å²) in [5.74, 6) is 0.262. The number of hydrogen-bond acceptors (Lipinski definition) is 3. The number of amides is 1. The van der Waals surface area contributed by atoms with Crippen molar-refractivity contribution in [3.05, 3.63) is 21.9 Å². The second kappa shape index (κ2) is 5.86. The minimum absolute atomic E-state index is 0.0187. The zero-order valence-electron chi connectivity index (χ0n) is 13.2. The minimum atomic E-state index is -0.0187. The van der Waals surface area contributed by atoms with Gasteiger partial charge in [-0.2, -0.15) is 0 Å². The van der Waals surface area contributed by atoms with Gasteiger partial charge in [-0.1, -0.05) is 34.1 Å². The number of carbonyl (C=O) groups excluding carboxylic acids is 1. The average Bonchev–Trinajstić information content (AvgIpc) is 2.86. The summed E-state index contributed by atoms with van der Waals surface area (Å²) in [5, 5.41) is 3.53. The van der Waals surface area contributed by atoms with E-state index in [1.54, 1.807) is 11.3 Å². The molecule has 0 radical (unpaired) electrons. The van der Waals surface area contributed by atoms with Crippen molar-refractivity contribution in [3.8, 4) is 0 Å². The summed E-state index contributed by atoms with van der Waals surface area (Å²) in [5.41, 5.74) is 0.114. The Morgan fingerprint density at radius 3 is 2.55 bits per heavy atom. The number of rotatable bonds is 4. The van der Waals surface area contributed by atoms with Crippen LogP contribution < -0.4 is 5.32 Å². The Morgan fingerprint density at radius 1 is 1.35 bits per heavy atom. The van der Waals surface area contributed by atoms with Crippen molar-refractivity contribution in [2.24, 2.45) is 5.41 Å². The third-order valence-corrected chi connectivity index (χ3v) is 4.56. The molecule has 0 aromatic carbocycles. The number of nitrogens with one attached hydrogen (secondary N) is 1. The van der Waals surface area contributed by atoms with E-state index in [0.717, 1.165) is 19.4 Å². The highest BCUT2D eigenvalue weighted by molar-refractivity contribution is 7.12. The molecule has 1 N–H and O–H groups in total. The van der Waals surface area contributed by atoms with Crippen LogP contribution in [0, 0.1) is 12.3 Å². The molecule has 2 unspecified atom stereocenters. The number of aryl methyl sites for hydroxylation is 1. The summed E-state index contributed by atoms with van der Waals surface area (Å²) in [6.07, 6.45) is 2.00. The molecule has 112 valence electrons. The van der Waals surface area contributed by atoms with Crippen LogP contribution in [0.3, 0.4) is 0 Å². The number of nitrogens with zero attached hydrogens (tertiary/aromatic N) is 1. The minimum Gasteiger partial charge on any atom is -0.320 e. The SMILES string of the molecule is CCCC1NC(c2ccc(C)s2)N(CC(C)(C)C)C1=O. The van der Waals surface area contributed by atoms with Crippen LogP contribution >= 0.6 is 11.3 Å². The van der Waals surface area contributed by atoms with E-state index in [1.807, 2.05) is 4.90 Å². The first kappa shape index (κ1) is 15.5. The Morgan fingerprint density at radius 2 is 2.05 bits per heavy atom. The zero-order valence-corrected chi connectivity index (χ0v) is 14.0. The van der Waals surface area contributed by atoms with Gasteiger partial charge >= 0.3 is 0 Å². The Balaban J connectivity index is 2.24. The Labute approximate surface area is 126 Å². The topological polar surface area (TPSA) is 32.3 Å². The largest absolute Gasteiger partial charge is 0.320 e. The summed E-state index contributed by atoms with van der Waals surface area (Å²) in [6.45, 7) is 11.6. The van der Waals surface area contributed by atoms with Gasteiger partial charge in [0.1, 0.15) is 6.17 Å². The zero-order chi connectivity index (χ0) is 14.9. The molecule has 2 rings (SSSR count). The van der Waals surface area contributed by atoms with Crippen LogP contribution in [0.5, 0.6) is 0 Å². The third-order valence-electron chi connectivity index (χ3n) is 3.50. The van der Waals surface area contributed by atoms with Crippen LogP contribution in [0.25, 0.3) is 0 Å². The highest BCUT2D eigenvalue weighted by Crippen LogP contribution is 2.33. The second-order valence-electron chi connectivity index (χ2n) is 6.89. The molecule has 20 heavy (non-hydrogen) atoms. The lowest BCUT2D eigenvalue weighted by molar-refractivity contribution is -0.131. The van der Waals surface area contributed by atoms with E-state index >= 15 is 0 Å². The molecule has 2 atom stereocenters. The van der Waals surface area contributed by atoms with Gasteiger partial charge in [0.25, 0.3) is 0 Å². The molecule has 1 amide bonds. The molecule has 1 saturated heterocycles. The monoisotopic (exact) mass is 294 g/mol. The molecule has 3 nitrogen and oxygen atoms in total. The van der Waals surface area contributed by atoms with Crippen molar-refractivity contribution >= 4 is 17.2 Å². The summed E-state index contributed by atoms with van der Waals surface area (Å²) in [6, 6.07) is 4.26. The molecular weight excluding hydrogens is 268 g/mol. The smallest absolute Gasteiger partial charge is 0.241 e. The quantitative estimate of drug-likeness (QED) is 0.918. The van der Waals surface area contributed by atoms with E-state index in [-0.39, 0.29) is 23.5 Å². The van der Waals surface area contributed by atoms with Crippen LogP contribution in [-0.4, -0.2) is 23.4 Å². The third kappa shape index (κ3) is 3.41. The van der Waals surface area contributed by atoms with Crippen molar-refractivity contribution < 1.29 is 4.79 Å². The first-order valence-corrected chi connectivity index (χ1v) is 8.26. The Hall–Kier alpha value is -0.870. The second-order valence-corrected chi connectivity index (χ2v) is 8.21. The maximum absolute atomic E-state index is 12.6. The summed E-state index contributed by atoms with van der Waals surface area (Å²) in [4.78, 5) is 17.2. The summed E-state index contributed by atoms with van der Waals surface area (Å²) >= 11 is 1.78. The molecule has 0 spiro atoms. The predicted octanol–water partition coefficient (Wildman–Crippen LogP) is 3.70. The fourth-order valence-corrected chi connectivity index (χ4v) is 3.64. The lowest BCUT2D eigenvalue weighted by atomic mass is 9.95. The van der Waals surface area contributed by atoms with E-state index in [4.69, 9.17) is 0 Å². The maximum atomic E-state index is 12.6. The van der Waals surface area contributed by atoms with Crippen molar-refractivity contribution in [2.45, 2.75) is 59.7 Å². The fourth-order valence-electron chi connectivity index (χ4n) is 2.69. The molecule has 2 heterocycles. The van der Waals surface area contributed by atoms with E-state index in [1.165, 1.54) is 9.75 Å². The molecule has 1 aromatic heterocycles. The van der Waals surface area contributed by atoms with Crippen LogP contribution in [0.1, 0.15) is 56.5 Å². The van der Waals surface area contributed by atoms with E-state index < -0.39 is 0 Å². The molecule has 1 aliphatic heterocycles. The fraction of sp³-hybridized carbons (Fsp3) is 0.688. The highest BCUT2D eigenvalue weighted by atomic mass is 32.1. The van der Waals surface area contributed by atoms with Gasteiger partial charge in [0.2, 0.25) is 5.91 Å². The number of carbonyl (C=O) groups is 1. The average molecular weight is 294 g/mol. The number of thiophene rings is 1. The van der Waals surface area contributed by atoms with Gasteiger partial charge in [0.15, 0.2) is 0 Å². The van der Waals surface area contributed by atoms with Gasteiger partial charge in [0, 0.05) is 16.3 Å². The van der Waals surface area contributed by atoms with Gasteiger partial charge in [-0.3, -0.25) is 10.1 Å². The molecule has 4 heteroatoms. The molecular formula is C16H26N2OS. The summed E-state index contributed by atoms with van der Waals surface area (Å²) in [7, 11) is 0. The predicted molar refractivity (Wildman–Crippen MR) is 84.8 cm³/mol. The number of hydrogen-bond donors (Lipinski definition) is 1. The van der Waals surface area contributed by atoms with Crippen LogP contribution in [0.2, 0.25) is 0 Å². The first-order valence-electron chi connectivity index (χ1n) is 7.44. The van der Waals surface area contributed by atoms with Gasteiger partial charge in [-0.25, -0.2) is 0 Å². The summed E-state index contributed by atoms with van der Waals surface area (Å²) < 4.78 is 0. The van der Waals surface area contributed by atoms with Crippen molar-refractivity contribution in [3.63, 3.8) is 0 Å². The van der Waals surface area contributed by atoms with E-state index in [9.17, 15) is 4.79 Å². The van der Waals surface area contributed by atoms with Gasteiger partial charge in [0.05, 0.1) is 6.04 Å². The van der Waals surface area contributed by atoms with E-state index in [0.29, 0.717) is 0 Å². The molecule has 0 bridgehead atoms. The Bertz CT molecular complexity index is 475. The molecule has 0 aliphatic carbocycles. The highest BCUT2D eigenvalue weighted by Gasteiger charge is 2.40. The van der Waals surface area contributed by atoms with Gasteiger partial charge in [-0.15, -0.1) is 11.3 Å². The van der Waals surface area contributed by atoms with Crippen LogP contribution in [-0.2, 0) is 4.79 Å². The molecule has 0 saturated carbocycles. The van der Waals surface area contributed by atoms with Crippen LogP contribution in [0.4, 0.5) is 0 Å². The Kier molecular flexibility index (Phi) is 4.55. The van der Waals surface area contributed by atoms with Crippen molar-refractivity contribution in [2.75, 3.05) is 6.54 Å². The molecule has 1 aliphatic rings. The van der Waals surface area contributed by atoms with Gasteiger partial charge in [-0.05, 0) is 30.9 Å². The normalized spacial score (nSPS) is 23.6. The lowest BCUT2D eigenvalue weighted by Gasteiger charge is -2.30. The van der Waals surface area contributed by atoms with E-state index in [2.05, 4.69) is 52.1 Å². The molecule has 1 aromatic rings. The van der Waals surface area contributed by atoms with Crippen molar-refractivity contribution in [1.29, 1.82) is 0 Å². The van der Waals surface area contributed by atoms with Crippen LogP contribution in [0.15, 0.2) is 12.1 Å². The first-order chi connectivity index (χ1) is 9.31. The maximum Gasteiger partial charge on any atom is 0.241 e.